The number of hydrogen-bond acceptors (Lipinski definition) is 5. The van der Waals surface area contributed by atoms with E-state index in [4.69, 9.17) is 16.3 Å². The van der Waals surface area contributed by atoms with Gasteiger partial charge in [-0.2, -0.15) is 0 Å². The van der Waals surface area contributed by atoms with Crippen molar-refractivity contribution in [3.8, 4) is 22.6 Å². The monoisotopic (exact) mass is 501 g/mol. The number of halogens is 1. The molecule has 2 aromatic heterocycles. The van der Waals surface area contributed by atoms with E-state index in [0.29, 0.717) is 26.7 Å². The van der Waals surface area contributed by atoms with Crippen LogP contribution in [0, 0.1) is 0 Å². The number of benzene rings is 3. The van der Waals surface area contributed by atoms with E-state index in [-0.39, 0.29) is 11.5 Å². The van der Waals surface area contributed by atoms with Gasteiger partial charge < -0.3 is 10.1 Å². The fourth-order valence-electron chi connectivity index (χ4n) is 3.67. The Balaban J connectivity index is 1.36. The van der Waals surface area contributed by atoms with Crippen molar-refractivity contribution >= 4 is 44.7 Å². The molecule has 0 saturated carbocycles. The summed E-state index contributed by atoms with van der Waals surface area (Å²) >= 11 is 7.40. The number of thiophene rings is 1. The van der Waals surface area contributed by atoms with Gasteiger partial charge in [-0.15, -0.1) is 11.3 Å². The smallest absolute Gasteiger partial charge is 0.263 e. The Morgan fingerprint density at radius 2 is 1.69 bits per heavy atom. The number of fused-ring (bicyclic) bond motifs is 1. The third-order valence-corrected chi connectivity index (χ3v) is 6.71. The van der Waals surface area contributed by atoms with Crippen LogP contribution in [-0.4, -0.2) is 15.5 Å². The summed E-state index contributed by atoms with van der Waals surface area (Å²) in [5.41, 5.74) is 1.97. The van der Waals surface area contributed by atoms with Gasteiger partial charge in [0, 0.05) is 21.7 Å². The molecule has 0 bridgehead atoms. The minimum absolute atomic E-state index is 0.268. The Hall–Kier alpha value is -3.94. The number of aromatic nitrogens is 2. The van der Waals surface area contributed by atoms with Gasteiger partial charge >= 0.3 is 0 Å². The second-order valence-electron chi connectivity index (χ2n) is 7.90. The fraction of sp³-hybridized carbons (Fsp3) is 0.0741. The van der Waals surface area contributed by atoms with E-state index in [1.54, 1.807) is 43.3 Å². The first-order valence-corrected chi connectivity index (χ1v) is 12.1. The molecule has 6 nitrogen and oxygen atoms in total. The molecule has 35 heavy (non-hydrogen) atoms. The maximum Gasteiger partial charge on any atom is 0.263 e. The Labute approximate surface area is 210 Å². The number of nitrogens with one attached hydrogen (secondary N) is 1. The molecule has 1 unspecified atom stereocenters. The first kappa shape index (κ1) is 22.8. The third kappa shape index (κ3) is 4.82. The predicted octanol–water partition coefficient (Wildman–Crippen LogP) is 6.77. The molecule has 3 aromatic carbocycles. The normalized spacial score (nSPS) is 11.8. The number of anilines is 1. The number of para-hydroxylation sites is 1. The van der Waals surface area contributed by atoms with Gasteiger partial charge in [0.1, 0.15) is 22.4 Å². The molecule has 0 aliphatic carbocycles. The number of carbonyl (C=O) groups is 1. The second-order valence-corrected chi connectivity index (χ2v) is 9.19. The summed E-state index contributed by atoms with van der Waals surface area (Å²) in [6.45, 7) is 1.67. The Morgan fingerprint density at radius 1 is 1.00 bits per heavy atom. The lowest BCUT2D eigenvalue weighted by molar-refractivity contribution is -0.118. The highest BCUT2D eigenvalue weighted by atomic mass is 35.5. The van der Waals surface area contributed by atoms with Crippen LogP contribution < -0.4 is 15.6 Å². The maximum atomic E-state index is 13.4. The number of amides is 1. The van der Waals surface area contributed by atoms with Gasteiger partial charge in [0.15, 0.2) is 0 Å². The molecule has 1 atom stereocenters. The first-order chi connectivity index (χ1) is 17.0. The summed E-state index contributed by atoms with van der Waals surface area (Å²) in [6.07, 6.45) is 1.42. The maximum absolute atomic E-state index is 13.4. The summed E-state index contributed by atoms with van der Waals surface area (Å²) in [7, 11) is 0. The number of hydrogen-bond donors (Lipinski definition) is 1. The zero-order valence-electron chi connectivity index (χ0n) is 18.6. The zero-order chi connectivity index (χ0) is 24.4. The van der Waals surface area contributed by atoms with Crippen molar-refractivity contribution in [3.63, 3.8) is 0 Å². The van der Waals surface area contributed by atoms with Crippen molar-refractivity contribution in [2.24, 2.45) is 0 Å². The van der Waals surface area contributed by atoms with Crippen LogP contribution in [-0.2, 0) is 4.79 Å². The van der Waals surface area contributed by atoms with Gasteiger partial charge in [-0.05, 0) is 61.0 Å². The molecule has 1 amide bonds. The molecular formula is C27H20ClN3O3S. The largest absolute Gasteiger partial charge is 0.457 e. The van der Waals surface area contributed by atoms with Crippen LogP contribution in [0.5, 0.6) is 11.5 Å². The average Bonchev–Trinajstić information content (AvgIpc) is 3.31. The SMILES string of the molecule is CC(C(=O)Nc1ccc(Oc2ccccc2)cc1)n1cnc2scc(-c3ccc(Cl)cc3)c2c1=O. The highest BCUT2D eigenvalue weighted by Gasteiger charge is 2.20. The molecule has 5 aromatic rings. The number of ether oxygens (including phenoxy) is 1. The fourth-order valence-corrected chi connectivity index (χ4v) is 4.70. The van der Waals surface area contributed by atoms with Crippen LogP contribution in [0.15, 0.2) is 95.4 Å². The van der Waals surface area contributed by atoms with E-state index in [9.17, 15) is 9.59 Å². The lowest BCUT2D eigenvalue weighted by Crippen LogP contribution is -2.31. The van der Waals surface area contributed by atoms with Crippen LogP contribution in [0.2, 0.25) is 5.02 Å². The summed E-state index contributed by atoms with van der Waals surface area (Å²) in [6, 6.07) is 23.0. The first-order valence-electron chi connectivity index (χ1n) is 10.9. The standard InChI is InChI=1S/C27H20ClN3O3S/c1-17(25(32)30-20-11-13-22(14-12-20)34-21-5-3-2-4-6-21)31-16-29-26-24(27(31)33)23(15-35-26)18-7-9-19(28)10-8-18/h2-17H,1H3,(H,30,32). The zero-order valence-corrected chi connectivity index (χ0v) is 20.2. The van der Waals surface area contributed by atoms with Crippen LogP contribution in [0.25, 0.3) is 21.3 Å². The molecule has 0 saturated heterocycles. The highest BCUT2D eigenvalue weighted by Crippen LogP contribution is 2.31. The minimum Gasteiger partial charge on any atom is -0.457 e. The molecule has 0 spiro atoms. The van der Waals surface area contributed by atoms with Gasteiger partial charge in [0.25, 0.3) is 5.56 Å². The van der Waals surface area contributed by atoms with Crippen molar-refractivity contribution < 1.29 is 9.53 Å². The van der Waals surface area contributed by atoms with Crippen molar-refractivity contribution in [1.82, 2.24) is 9.55 Å². The highest BCUT2D eigenvalue weighted by molar-refractivity contribution is 7.17. The van der Waals surface area contributed by atoms with Crippen LogP contribution in [0.4, 0.5) is 5.69 Å². The topological polar surface area (TPSA) is 73.2 Å². The van der Waals surface area contributed by atoms with E-state index in [1.165, 1.54) is 22.2 Å². The van der Waals surface area contributed by atoms with E-state index in [1.807, 2.05) is 47.8 Å². The van der Waals surface area contributed by atoms with Crippen molar-refractivity contribution in [1.29, 1.82) is 0 Å². The lowest BCUT2D eigenvalue weighted by atomic mass is 10.1. The van der Waals surface area contributed by atoms with Crippen LogP contribution in [0.3, 0.4) is 0 Å². The van der Waals surface area contributed by atoms with Gasteiger partial charge in [0.2, 0.25) is 5.91 Å². The third-order valence-electron chi connectivity index (χ3n) is 5.57. The number of rotatable bonds is 6. The summed E-state index contributed by atoms with van der Waals surface area (Å²) in [4.78, 5) is 31.4. The van der Waals surface area contributed by atoms with Gasteiger partial charge in [0.05, 0.1) is 11.7 Å². The minimum atomic E-state index is -0.766. The summed E-state index contributed by atoms with van der Waals surface area (Å²) < 4.78 is 7.14. The predicted molar refractivity (Wildman–Crippen MR) is 141 cm³/mol. The van der Waals surface area contributed by atoms with E-state index in [0.717, 1.165) is 16.9 Å². The van der Waals surface area contributed by atoms with Gasteiger partial charge in [-0.1, -0.05) is 41.9 Å². The Morgan fingerprint density at radius 3 is 2.40 bits per heavy atom. The number of nitrogens with zero attached hydrogens (tertiary/aromatic N) is 2. The van der Waals surface area contributed by atoms with E-state index < -0.39 is 6.04 Å². The molecular weight excluding hydrogens is 482 g/mol. The molecule has 0 aliphatic heterocycles. The molecule has 1 N–H and O–H groups in total. The molecule has 0 fully saturated rings. The summed E-state index contributed by atoms with van der Waals surface area (Å²) in [5, 5.41) is 5.87. The Bertz CT molecular complexity index is 1550. The van der Waals surface area contributed by atoms with Gasteiger partial charge in [-0.25, -0.2) is 4.98 Å². The van der Waals surface area contributed by atoms with Crippen molar-refractivity contribution in [3.05, 3.63) is 106 Å². The van der Waals surface area contributed by atoms with Crippen molar-refractivity contribution in [2.75, 3.05) is 5.32 Å². The molecule has 5 rings (SSSR count). The van der Waals surface area contributed by atoms with Gasteiger partial charge in [-0.3, -0.25) is 14.2 Å². The quantitative estimate of drug-likeness (QED) is 0.278. The van der Waals surface area contributed by atoms with Crippen molar-refractivity contribution in [2.45, 2.75) is 13.0 Å². The molecule has 2 heterocycles. The van der Waals surface area contributed by atoms with Crippen LogP contribution >= 0.6 is 22.9 Å². The van der Waals surface area contributed by atoms with Crippen LogP contribution in [0.1, 0.15) is 13.0 Å². The second kappa shape index (κ2) is 9.74. The number of carbonyl (C=O) groups excluding carboxylic acids is 1. The molecule has 174 valence electrons. The molecule has 0 aliphatic rings. The Kier molecular flexibility index (Phi) is 6.35. The molecule has 0 radical (unpaired) electrons. The lowest BCUT2D eigenvalue weighted by Gasteiger charge is -2.15. The average molecular weight is 502 g/mol. The van der Waals surface area contributed by atoms with E-state index in [2.05, 4.69) is 10.3 Å². The van der Waals surface area contributed by atoms with E-state index >= 15 is 0 Å². The summed E-state index contributed by atoms with van der Waals surface area (Å²) in [5.74, 6) is 1.06. The molecule has 8 heteroatoms.